The Kier molecular flexibility index (Phi) is 4.73. The summed E-state index contributed by atoms with van der Waals surface area (Å²) in [4.78, 5) is 29.0. The molecule has 0 radical (unpaired) electrons. The standard InChI is InChI=1S/C18H29N3O4/c1-19-16(22)15-9-25-18(10-20(15)8-13-2-3-13)11-21(12-18)17(23)14-4-6-24-7-5-14/h13-15H,2-12H2,1H3,(H,19,22)/t15-/m1/s1. The van der Waals surface area contributed by atoms with Gasteiger partial charge in [-0.2, -0.15) is 0 Å². The number of nitrogens with zero attached hydrogens (tertiary/aromatic N) is 2. The van der Waals surface area contributed by atoms with E-state index in [1.807, 2.05) is 4.90 Å². The normalized spacial score (nSPS) is 30.1. The number of likely N-dealkylation sites (tertiary alicyclic amines) is 1. The Balaban J connectivity index is 1.35. The molecule has 4 rings (SSSR count). The van der Waals surface area contributed by atoms with Crippen LogP contribution >= 0.6 is 0 Å². The predicted molar refractivity (Wildman–Crippen MR) is 91.0 cm³/mol. The van der Waals surface area contributed by atoms with E-state index in [2.05, 4.69) is 10.2 Å². The maximum Gasteiger partial charge on any atom is 0.239 e. The first-order valence-electron chi connectivity index (χ1n) is 9.56. The van der Waals surface area contributed by atoms with Crippen molar-refractivity contribution in [3.05, 3.63) is 0 Å². The van der Waals surface area contributed by atoms with Crippen molar-refractivity contribution in [2.24, 2.45) is 11.8 Å². The van der Waals surface area contributed by atoms with E-state index in [1.54, 1.807) is 7.05 Å². The molecule has 25 heavy (non-hydrogen) atoms. The number of hydrogen-bond donors (Lipinski definition) is 1. The van der Waals surface area contributed by atoms with Crippen LogP contribution in [-0.4, -0.2) is 86.3 Å². The molecule has 1 spiro atoms. The number of likely N-dealkylation sites (N-methyl/N-ethyl adjacent to an activating group) is 1. The Labute approximate surface area is 149 Å². The first-order valence-corrected chi connectivity index (χ1v) is 9.56. The van der Waals surface area contributed by atoms with E-state index in [0.717, 1.165) is 31.8 Å². The highest BCUT2D eigenvalue weighted by atomic mass is 16.5. The van der Waals surface area contributed by atoms with E-state index in [0.29, 0.717) is 32.9 Å². The second-order valence-electron chi connectivity index (χ2n) is 8.08. The van der Waals surface area contributed by atoms with Crippen molar-refractivity contribution in [1.82, 2.24) is 15.1 Å². The lowest BCUT2D eigenvalue weighted by Crippen LogP contribution is -2.74. The van der Waals surface area contributed by atoms with Gasteiger partial charge in [0, 0.05) is 39.3 Å². The number of carbonyl (C=O) groups excluding carboxylic acids is 2. The van der Waals surface area contributed by atoms with Gasteiger partial charge in [0.1, 0.15) is 11.6 Å². The lowest BCUT2D eigenvalue weighted by Gasteiger charge is -2.56. The van der Waals surface area contributed by atoms with Crippen LogP contribution in [0, 0.1) is 11.8 Å². The van der Waals surface area contributed by atoms with Crippen molar-refractivity contribution in [2.75, 3.05) is 53.0 Å². The average molecular weight is 351 g/mol. The van der Waals surface area contributed by atoms with E-state index in [-0.39, 0.29) is 29.4 Å². The van der Waals surface area contributed by atoms with Crippen LogP contribution in [-0.2, 0) is 19.1 Å². The van der Waals surface area contributed by atoms with E-state index in [9.17, 15) is 9.59 Å². The van der Waals surface area contributed by atoms with Crippen LogP contribution in [0.3, 0.4) is 0 Å². The van der Waals surface area contributed by atoms with Gasteiger partial charge in [-0.1, -0.05) is 0 Å². The first-order chi connectivity index (χ1) is 12.1. The Morgan fingerprint density at radius 1 is 1.12 bits per heavy atom. The highest BCUT2D eigenvalue weighted by Gasteiger charge is 2.53. The maximum absolute atomic E-state index is 12.6. The molecule has 0 aromatic carbocycles. The van der Waals surface area contributed by atoms with E-state index < -0.39 is 0 Å². The van der Waals surface area contributed by atoms with Gasteiger partial charge in [0.2, 0.25) is 11.8 Å². The maximum atomic E-state index is 12.6. The minimum Gasteiger partial charge on any atom is -0.381 e. The fraction of sp³-hybridized carbons (Fsp3) is 0.889. The van der Waals surface area contributed by atoms with Crippen LogP contribution in [0.1, 0.15) is 25.7 Å². The molecule has 0 unspecified atom stereocenters. The van der Waals surface area contributed by atoms with E-state index in [4.69, 9.17) is 9.47 Å². The molecule has 3 heterocycles. The quantitative estimate of drug-likeness (QED) is 0.763. The summed E-state index contributed by atoms with van der Waals surface area (Å²) >= 11 is 0. The van der Waals surface area contributed by atoms with Crippen molar-refractivity contribution in [3.8, 4) is 0 Å². The highest BCUT2D eigenvalue weighted by Crippen LogP contribution is 2.36. The molecule has 2 amide bonds. The summed E-state index contributed by atoms with van der Waals surface area (Å²) < 4.78 is 11.5. The van der Waals surface area contributed by atoms with Crippen LogP contribution in [0.15, 0.2) is 0 Å². The van der Waals surface area contributed by atoms with Gasteiger partial charge in [0.25, 0.3) is 0 Å². The molecule has 140 valence electrons. The van der Waals surface area contributed by atoms with Gasteiger partial charge in [-0.05, 0) is 31.6 Å². The molecule has 3 saturated heterocycles. The second-order valence-corrected chi connectivity index (χ2v) is 8.08. The van der Waals surface area contributed by atoms with Crippen LogP contribution < -0.4 is 5.32 Å². The molecule has 1 saturated carbocycles. The molecular formula is C18H29N3O4. The number of hydrogen-bond acceptors (Lipinski definition) is 5. The van der Waals surface area contributed by atoms with Gasteiger partial charge in [-0.25, -0.2) is 0 Å². The molecular weight excluding hydrogens is 322 g/mol. The third-order valence-electron chi connectivity index (χ3n) is 6.06. The van der Waals surface area contributed by atoms with Crippen LogP contribution in [0.5, 0.6) is 0 Å². The summed E-state index contributed by atoms with van der Waals surface area (Å²) in [5.41, 5.74) is -0.278. The fourth-order valence-electron chi connectivity index (χ4n) is 4.32. The minimum absolute atomic E-state index is 0.0324. The molecule has 3 aliphatic heterocycles. The second kappa shape index (κ2) is 6.85. The molecule has 4 fully saturated rings. The number of nitrogens with one attached hydrogen (secondary N) is 1. The Bertz CT molecular complexity index is 524. The van der Waals surface area contributed by atoms with Gasteiger partial charge in [-0.15, -0.1) is 0 Å². The van der Waals surface area contributed by atoms with Crippen molar-refractivity contribution in [3.63, 3.8) is 0 Å². The average Bonchev–Trinajstić information content (AvgIpc) is 3.43. The van der Waals surface area contributed by atoms with Crippen LogP contribution in [0.2, 0.25) is 0 Å². The van der Waals surface area contributed by atoms with E-state index >= 15 is 0 Å². The Hall–Kier alpha value is -1.18. The van der Waals surface area contributed by atoms with Crippen molar-refractivity contribution >= 4 is 11.8 Å². The molecule has 0 aromatic rings. The number of ether oxygens (including phenoxy) is 2. The monoisotopic (exact) mass is 351 g/mol. The molecule has 7 heteroatoms. The van der Waals surface area contributed by atoms with Crippen molar-refractivity contribution < 1.29 is 19.1 Å². The Morgan fingerprint density at radius 3 is 2.48 bits per heavy atom. The van der Waals surface area contributed by atoms with Gasteiger partial charge in [0.15, 0.2) is 0 Å². The van der Waals surface area contributed by atoms with Gasteiger partial charge < -0.3 is 19.7 Å². The summed E-state index contributed by atoms with van der Waals surface area (Å²) in [7, 11) is 1.68. The lowest BCUT2D eigenvalue weighted by atomic mass is 9.87. The summed E-state index contributed by atoms with van der Waals surface area (Å²) in [5.74, 6) is 1.11. The minimum atomic E-state index is -0.278. The third kappa shape index (κ3) is 3.55. The number of carbonyl (C=O) groups is 2. The fourth-order valence-corrected chi connectivity index (χ4v) is 4.32. The predicted octanol–water partition coefficient (Wildman–Crippen LogP) is -0.149. The van der Waals surface area contributed by atoms with Gasteiger partial charge in [0.05, 0.1) is 19.7 Å². The zero-order chi connectivity index (χ0) is 17.4. The smallest absolute Gasteiger partial charge is 0.239 e. The summed E-state index contributed by atoms with van der Waals surface area (Å²) in [6.45, 7) is 4.83. The SMILES string of the molecule is CNC(=O)[C@H]1COC2(CN(C(=O)C3CCOCC3)C2)CN1CC1CC1. The van der Waals surface area contributed by atoms with Gasteiger partial charge >= 0.3 is 0 Å². The van der Waals surface area contributed by atoms with Crippen LogP contribution in [0.25, 0.3) is 0 Å². The van der Waals surface area contributed by atoms with Crippen molar-refractivity contribution in [2.45, 2.75) is 37.3 Å². The highest BCUT2D eigenvalue weighted by molar-refractivity contribution is 5.82. The molecule has 0 bridgehead atoms. The molecule has 7 nitrogen and oxygen atoms in total. The molecule has 0 aromatic heterocycles. The molecule has 1 aliphatic carbocycles. The lowest BCUT2D eigenvalue weighted by molar-refractivity contribution is -0.207. The molecule has 1 N–H and O–H groups in total. The van der Waals surface area contributed by atoms with Crippen LogP contribution in [0.4, 0.5) is 0 Å². The molecule has 4 aliphatic rings. The van der Waals surface area contributed by atoms with E-state index in [1.165, 1.54) is 12.8 Å². The number of amides is 2. The summed E-state index contributed by atoms with van der Waals surface area (Å²) in [5, 5.41) is 2.75. The van der Waals surface area contributed by atoms with Gasteiger partial charge in [-0.3, -0.25) is 14.5 Å². The third-order valence-corrected chi connectivity index (χ3v) is 6.06. The zero-order valence-corrected chi connectivity index (χ0v) is 15.0. The summed E-state index contributed by atoms with van der Waals surface area (Å²) in [6, 6.07) is -0.198. The zero-order valence-electron chi connectivity index (χ0n) is 15.0. The number of rotatable bonds is 4. The Morgan fingerprint density at radius 2 is 1.84 bits per heavy atom. The molecule has 1 atom stereocenters. The first kappa shape index (κ1) is 17.2. The topological polar surface area (TPSA) is 71.1 Å². The largest absolute Gasteiger partial charge is 0.381 e. The number of morpholine rings is 1. The summed E-state index contributed by atoms with van der Waals surface area (Å²) in [6.07, 6.45) is 4.18. The van der Waals surface area contributed by atoms with Crippen molar-refractivity contribution in [1.29, 1.82) is 0 Å².